The van der Waals surface area contributed by atoms with Crippen molar-refractivity contribution in [2.75, 3.05) is 17.2 Å². The first-order valence-corrected chi connectivity index (χ1v) is 12.1. The molecule has 3 amide bonds. The molecule has 0 saturated carbocycles. The molecule has 3 heterocycles. The second-order valence-corrected chi connectivity index (χ2v) is 9.02. The molecule has 0 radical (unpaired) electrons. The number of hydrogen-bond acceptors (Lipinski definition) is 6. The zero-order valence-electron chi connectivity index (χ0n) is 19.9. The number of anilines is 2. The number of ether oxygens (including phenoxy) is 2. The molecule has 1 saturated heterocycles. The average molecular weight is 507 g/mol. The topological polar surface area (TPSA) is 122 Å². The largest absolute Gasteiger partial charge is 0.487 e. The summed E-state index contributed by atoms with van der Waals surface area (Å²) in [5.74, 6) is -0.205. The molecule has 3 aromatic rings. The lowest BCUT2D eigenvalue weighted by atomic mass is 9.84. The fourth-order valence-electron chi connectivity index (χ4n) is 4.78. The van der Waals surface area contributed by atoms with Crippen molar-refractivity contribution in [2.24, 2.45) is 0 Å². The summed E-state index contributed by atoms with van der Waals surface area (Å²) in [5, 5.41) is 18.0. The normalized spacial score (nSPS) is 21.8. The lowest BCUT2D eigenvalue weighted by molar-refractivity contribution is -0.142. The van der Waals surface area contributed by atoms with E-state index in [1.807, 2.05) is 18.2 Å². The van der Waals surface area contributed by atoms with Crippen LogP contribution >= 0.6 is 0 Å². The second-order valence-electron chi connectivity index (χ2n) is 9.02. The Kier molecular flexibility index (Phi) is 7.29. The van der Waals surface area contributed by atoms with Crippen molar-refractivity contribution in [3.63, 3.8) is 0 Å². The smallest absolute Gasteiger partial charge is 0.323 e. The van der Waals surface area contributed by atoms with Gasteiger partial charge < -0.3 is 30.5 Å². The molecule has 2 aliphatic rings. The predicted molar refractivity (Wildman–Crippen MR) is 134 cm³/mol. The van der Waals surface area contributed by atoms with Crippen LogP contribution in [-0.4, -0.2) is 46.9 Å². The maximum absolute atomic E-state index is 13.9. The molecule has 2 aromatic carbocycles. The molecule has 5 rings (SSSR count). The van der Waals surface area contributed by atoms with E-state index in [1.165, 1.54) is 12.1 Å². The Balaban J connectivity index is 1.24. The first-order chi connectivity index (χ1) is 18.0. The number of nitrogens with zero attached hydrogens (tertiary/aromatic N) is 1. The van der Waals surface area contributed by atoms with E-state index in [-0.39, 0.29) is 30.5 Å². The minimum atomic E-state index is -0.597. The zero-order chi connectivity index (χ0) is 25.8. The maximum Gasteiger partial charge on any atom is 0.323 e. The molecular weight excluding hydrogens is 479 g/mol. The van der Waals surface area contributed by atoms with Crippen molar-refractivity contribution in [3.05, 3.63) is 83.9 Å². The summed E-state index contributed by atoms with van der Waals surface area (Å²) in [4.78, 5) is 29.2. The number of nitrogens with one attached hydrogen (secondary N) is 3. The molecule has 0 aliphatic carbocycles. The van der Waals surface area contributed by atoms with Crippen LogP contribution in [0, 0.1) is 5.82 Å². The van der Waals surface area contributed by atoms with Crippen LogP contribution in [-0.2, 0) is 16.1 Å². The average Bonchev–Trinajstić information content (AvgIpc) is 3.27. The number of hydrogen-bond donors (Lipinski definition) is 4. The first-order valence-electron chi connectivity index (χ1n) is 12.1. The predicted octanol–water partition coefficient (Wildman–Crippen LogP) is 3.57. The SMILES string of the molecule is O=C(C[C@H]1C[C@H]2c3cc(NC(=O)Nc4ccccc4F)ccc3O[C@H]2[C@H](CO)O1)NCc1ccccn1. The van der Waals surface area contributed by atoms with Crippen molar-refractivity contribution in [3.8, 4) is 5.75 Å². The van der Waals surface area contributed by atoms with Crippen LogP contribution in [0.3, 0.4) is 0 Å². The van der Waals surface area contributed by atoms with Gasteiger partial charge in [-0.15, -0.1) is 0 Å². The third kappa shape index (κ3) is 5.71. The number of amides is 3. The quantitative estimate of drug-likeness (QED) is 0.389. The number of urea groups is 1. The molecule has 1 aromatic heterocycles. The Hall–Kier alpha value is -4.02. The number of aliphatic hydroxyl groups is 1. The summed E-state index contributed by atoms with van der Waals surface area (Å²) >= 11 is 0. The molecule has 9 nitrogen and oxygen atoms in total. The Bertz CT molecular complexity index is 1270. The molecule has 4 N–H and O–H groups in total. The highest BCUT2D eigenvalue weighted by Gasteiger charge is 2.46. The highest BCUT2D eigenvalue weighted by Crippen LogP contribution is 2.47. The fourth-order valence-corrected chi connectivity index (χ4v) is 4.78. The van der Waals surface area contributed by atoms with Crippen LogP contribution in [0.15, 0.2) is 66.9 Å². The van der Waals surface area contributed by atoms with Crippen LogP contribution < -0.4 is 20.7 Å². The molecule has 1 fully saturated rings. The zero-order valence-corrected chi connectivity index (χ0v) is 19.9. The van der Waals surface area contributed by atoms with Gasteiger partial charge in [0.2, 0.25) is 5.91 Å². The molecule has 37 heavy (non-hydrogen) atoms. The van der Waals surface area contributed by atoms with Crippen LogP contribution in [0.25, 0.3) is 0 Å². The van der Waals surface area contributed by atoms with Gasteiger partial charge in [0.05, 0.1) is 37.1 Å². The maximum atomic E-state index is 13.9. The summed E-state index contributed by atoms with van der Waals surface area (Å²) in [6, 6.07) is 16.1. The number of benzene rings is 2. The lowest BCUT2D eigenvalue weighted by Crippen LogP contribution is -2.47. The molecule has 0 unspecified atom stereocenters. The monoisotopic (exact) mass is 506 g/mol. The second kappa shape index (κ2) is 10.9. The molecule has 2 aliphatic heterocycles. The number of aliphatic hydroxyl groups excluding tert-OH is 1. The summed E-state index contributed by atoms with van der Waals surface area (Å²) < 4.78 is 25.9. The summed E-state index contributed by atoms with van der Waals surface area (Å²) in [7, 11) is 0. The number of para-hydroxylation sites is 1. The molecule has 0 bridgehead atoms. The number of fused-ring (bicyclic) bond motifs is 3. The van der Waals surface area contributed by atoms with E-state index in [4.69, 9.17) is 9.47 Å². The summed E-state index contributed by atoms with van der Waals surface area (Å²) in [6.07, 6.45) is 0.886. The molecule has 0 spiro atoms. The standard InChI is InChI=1S/C27H27FN4O5/c28-21-6-1-2-7-22(21)32-27(35)31-16-8-9-23-19(11-16)20-12-18(36-24(15-33)26(20)37-23)13-25(34)30-14-17-5-3-4-10-29-17/h1-11,18,20,24,26,33H,12-15H2,(H,30,34)(H2,31,32,35)/t18-,20+,24+,26-/m1/s1. The van der Waals surface area contributed by atoms with Gasteiger partial charge in [-0.1, -0.05) is 18.2 Å². The Morgan fingerprint density at radius 2 is 1.92 bits per heavy atom. The van der Waals surface area contributed by atoms with Crippen molar-refractivity contribution in [2.45, 2.75) is 43.6 Å². The Labute approximate surface area is 213 Å². The first kappa shape index (κ1) is 24.7. The number of rotatable bonds is 7. The lowest BCUT2D eigenvalue weighted by Gasteiger charge is -2.37. The number of pyridine rings is 1. The van der Waals surface area contributed by atoms with Crippen molar-refractivity contribution in [1.29, 1.82) is 0 Å². The number of carbonyl (C=O) groups excluding carboxylic acids is 2. The van der Waals surface area contributed by atoms with Gasteiger partial charge in [-0.3, -0.25) is 9.78 Å². The van der Waals surface area contributed by atoms with Gasteiger partial charge in [0, 0.05) is 23.4 Å². The van der Waals surface area contributed by atoms with Crippen LogP contribution in [0.2, 0.25) is 0 Å². The van der Waals surface area contributed by atoms with Gasteiger partial charge in [-0.05, 0) is 48.9 Å². The van der Waals surface area contributed by atoms with Gasteiger partial charge >= 0.3 is 6.03 Å². The van der Waals surface area contributed by atoms with E-state index in [9.17, 15) is 19.1 Å². The van der Waals surface area contributed by atoms with E-state index in [1.54, 1.807) is 36.5 Å². The minimum Gasteiger partial charge on any atom is -0.487 e. The number of aromatic nitrogens is 1. The van der Waals surface area contributed by atoms with Gasteiger partial charge in [0.1, 0.15) is 23.8 Å². The van der Waals surface area contributed by atoms with Crippen LogP contribution in [0.4, 0.5) is 20.6 Å². The van der Waals surface area contributed by atoms with E-state index < -0.39 is 30.2 Å². The minimum absolute atomic E-state index is 0.0731. The number of halogens is 1. The Morgan fingerprint density at radius 1 is 1.08 bits per heavy atom. The van der Waals surface area contributed by atoms with Crippen LogP contribution in [0.1, 0.15) is 30.0 Å². The third-order valence-electron chi connectivity index (χ3n) is 6.49. The van der Waals surface area contributed by atoms with Gasteiger partial charge in [-0.25, -0.2) is 9.18 Å². The van der Waals surface area contributed by atoms with Crippen LogP contribution in [0.5, 0.6) is 5.75 Å². The van der Waals surface area contributed by atoms with E-state index in [0.29, 0.717) is 24.4 Å². The van der Waals surface area contributed by atoms with E-state index in [0.717, 1.165) is 11.3 Å². The van der Waals surface area contributed by atoms with Crippen molar-refractivity contribution >= 4 is 23.3 Å². The van der Waals surface area contributed by atoms with Gasteiger partial charge in [0.15, 0.2) is 0 Å². The molecule has 10 heteroatoms. The van der Waals surface area contributed by atoms with Crippen molar-refractivity contribution < 1.29 is 28.6 Å². The van der Waals surface area contributed by atoms with Crippen molar-refractivity contribution in [1.82, 2.24) is 10.3 Å². The highest BCUT2D eigenvalue weighted by atomic mass is 19.1. The molecular formula is C27H27FN4O5. The van der Waals surface area contributed by atoms with E-state index >= 15 is 0 Å². The Morgan fingerprint density at radius 3 is 2.70 bits per heavy atom. The van der Waals surface area contributed by atoms with Gasteiger partial charge in [-0.2, -0.15) is 0 Å². The van der Waals surface area contributed by atoms with Gasteiger partial charge in [0.25, 0.3) is 0 Å². The third-order valence-corrected chi connectivity index (χ3v) is 6.49. The molecule has 4 atom stereocenters. The molecule has 192 valence electrons. The number of carbonyl (C=O) groups is 2. The summed E-state index contributed by atoms with van der Waals surface area (Å²) in [5.41, 5.74) is 2.19. The van der Waals surface area contributed by atoms with E-state index in [2.05, 4.69) is 20.9 Å². The highest BCUT2D eigenvalue weighted by molar-refractivity contribution is 5.99. The fraction of sp³-hybridized carbons (Fsp3) is 0.296. The summed E-state index contributed by atoms with van der Waals surface area (Å²) in [6.45, 7) is 0.0646.